The summed E-state index contributed by atoms with van der Waals surface area (Å²) in [7, 11) is 0. The van der Waals surface area contributed by atoms with Gasteiger partial charge in [0.25, 0.3) is 5.91 Å². The van der Waals surface area contributed by atoms with Crippen LogP contribution < -0.4 is 16.4 Å². The molecule has 4 N–H and O–H groups in total. The largest absolute Gasteiger partial charge is 0.349 e. The molecule has 5 heteroatoms. The highest BCUT2D eigenvalue weighted by Gasteiger charge is 2.23. The molecule has 1 aliphatic carbocycles. The summed E-state index contributed by atoms with van der Waals surface area (Å²) in [6, 6.07) is 14.9. The quantitative estimate of drug-likeness (QED) is 0.683. The van der Waals surface area contributed by atoms with Crippen LogP contribution in [0.25, 0.3) is 0 Å². The third-order valence-corrected chi connectivity index (χ3v) is 5.82. The molecule has 0 aromatic heterocycles. The second kappa shape index (κ2) is 9.70. The van der Waals surface area contributed by atoms with Crippen molar-refractivity contribution in [3.63, 3.8) is 0 Å². The zero-order valence-corrected chi connectivity index (χ0v) is 17.3. The molecule has 0 saturated heterocycles. The molecule has 154 valence electrons. The van der Waals surface area contributed by atoms with Gasteiger partial charge in [0.1, 0.15) is 0 Å². The van der Waals surface area contributed by atoms with Gasteiger partial charge in [0.15, 0.2) is 0 Å². The summed E-state index contributed by atoms with van der Waals surface area (Å²) in [6.07, 6.45) is 5.72. The van der Waals surface area contributed by atoms with Crippen molar-refractivity contribution in [3.8, 4) is 0 Å². The van der Waals surface area contributed by atoms with Crippen molar-refractivity contribution in [2.24, 2.45) is 11.7 Å². The van der Waals surface area contributed by atoms with Crippen LogP contribution in [-0.2, 0) is 4.79 Å². The second-order valence-electron chi connectivity index (χ2n) is 8.05. The first-order valence-corrected chi connectivity index (χ1v) is 10.5. The molecule has 2 aromatic rings. The smallest absolute Gasteiger partial charge is 0.251 e. The zero-order valence-electron chi connectivity index (χ0n) is 17.3. The van der Waals surface area contributed by atoms with Crippen LogP contribution in [-0.4, -0.2) is 17.9 Å². The zero-order chi connectivity index (χ0) is 20.8. The first kappa shape index (κ1) is 21.1. The second-order valence-corrected chi connectivity index (χ2v) is 8.05. The SMILES string of the molecule is Cc1cc(C(=O)NC2CCCCC2)ccc1NC(=O)C(C)C(N)c1ccccc1. The number of aryl methyl sites for hydroxylation is 1. The molecular formula is C24H31N3O2. The van der Waals surface area contributed by atoms with Gasteiger partial charge in [-0.15, -0.1) is 0 Å². The van der Waals surface area contributed by atoms with Crippen molar-refractivity contribution < 1.29 is 9.59 Å². The van der Waals surface area contributed by atoms with E-state index in [-0.39, 0.29) is 29.8 Å². The Balaban J connectivity index is 1.62. The van der Waals surface area contributed by atoms with Gasteiger partial charge in [-0.1, -0.05) is 56.5 Å². The lowest BCUT2D eigenvalue weighted by atomic mass is 9.94. The molecule has 0 radical (unpaired) electrons. The van der Waals surface area contributed by atoms with Crippen LogP contribution in [0.1, 0.15) is 66.6 Å². The highest BCUT2D eigenvalue weighted by atomic mass is 16.2. The number of hydrogen-bond acceptors (Lipinski definition) is 3. The number of carbonyl (C=O) groups is 2. The maximum Gasteiger partial charge on any atom is 0.251 e. The minimum atomic E-state index is -0.383. The maximum absolute atomic E-state index is 12.7. The van der Waals surface area contributed by atoms with Gasteiger partial charge in [0.05, 0.1) is 5.92 Å². The van der Waals surface area contributed by atoms with Crippen molar-refractivity contribution in [1.29, 1.82) is 0 Å². The highest BCUT2D eigenvalue weighted by molar-refractivity contribution is 5.97. The number of benzene rings is 2. The van der Waals surface area contributed by atoms with E-state index in [0.29, 0.717) is 11.3 Å². The minimum absolute atomic E-state index is 0.0441. The van der Waals surface area contributed by atoms with Gasteiger partial charge in [-0.3, -0.25) is 9.59 Å². The van der Waals surface area contributed by atoms with E-state index in [4.69, 9.17) is 5.73 Å². The molecule has 0 bridgehead atoms. The lowest BCUT2D eigenvalue weighted by molar-refractivity contribution is -0.120. The molecule has 0 heterocycles. The predicted octanol–water partition coefficient (Wildman–Crippen LogP) is 4.33. The average molecular weight is 394 g/mol. The number of carbonyl (C=O) groups excluding carboxylic acids is 2. The fourth-order valence-corrected chi connectivity index (χ4v) is 3.83. The van der Waals surface area contributed by atoms with Gasteiger partial charge in [0, 0.05) is 23.3 Å². The molecule has 2 atom stereocenters. The van der Waals surface area contributed by atoms with E-state index >= 15 is 0 Å². The van der Waals surface area contributed by atoms with E-state index in [1.807, 2.05) is 50.2 Å². The maximum atomic E-state index is 12.7. The van der Waals surface area contributed by atoms with Gasteiger partial charge in [0.2, 0.25) is 5.91 Å². The monoisotopic (exact) mass is 393 g/mol. The van der Waals surface area contributed by atoms with E-state index in [0.717, 1.165) is 24.0 Å². The summed E-state index contributed by atoms with van der Waals surface area (Å²) >= 11 is 0. The summed E-state index contributed by atoms with van der Waals surface area (Å²) in [5.41, 5.74) is 9.39. The Morgan fingerprint density at radius 2 is 1.72 bits per heavy atom. The fraction of sp³-hybridized carbons (Fsp3) is 0.417. The van der Waals surface area contributed by atoms with Crippen LogP contribution in [0.2, 0.25) is 0 Å². The van der Waals surface area contributed by atoms with Crippen LogP contribution in [0.15, 0.2) is 48.5 Å². The van der Waals surface area contributed by atoms with Crippen molar-refractivity contribution >= 4 is 17.5 Å². The van der Waals surface area contributed by atoms with Crippen molar-refractivity contribution in [3.05, 3.63) is 65.2 Å². The van der Waals surface area contributed by atoms with E-state index in [1.165, 1.54) is 19.3 Å². The third-order valence-electron chi connectivity index (χ3n) is 5.82. The summed E-state index contributed by atoms with van der Waals surface area (Å²) in [5.74, 6) is -0.563. The lowest BCUT2D eigenvalue weighted by Crippen LogP contribution is -2.36. The molecule has 2 aromatic carbocycles. The number of amides is 2. The molecule has 0 aliphatic heterocycles. The Bertz CT molecular complexity index is 844. The van der Waals surface area contributed by atoms with Crippen molar-refractivity contribution in [2.45, 2.75) is 58.0 Å². The number of anilines is 1. The first-order chi connectivity index (χ1) is 14.0. The molecule has 2 amide bonds. The molecule has 1 saturated carbocycles. The Morgan fingerprint density at radius 3 is 2.38 bits per heavy atom. The molecule has 3 rings (SSSR count). The minimum Gasteiger partial charge on any atom is -0.349 e. The standard InChI is InChI=1S/C24H31N3O2/c1-16-15-19(24(29)26-20-11-7-4-8-12-20)13-14-21(16)27-23(28)17(2)22(25)18-9-5-3-6-10-18/h3,5-6,9-10,13-15,17,20,22H,4,7-8,11-12,25H2,1-2H3,(H,26,29)(H,27,28). The van der Waals surface area contributed by atoms with Crippen molar-refractivity contribution in [2.75, 3.05) is 5.32 Å². The first-order valence-electron chi connectivity index (χ1n) is 10.5. The van der Waals surface area contributed by atoms with Crippen LogP contribution in [0, 0.1) is 12.8 Å². The molecule has 2 unspecified atom stereocenters. The summed E-state index contributed by atoms with van der Waals surface area (Å²) in [4.78, 5) is 25.2. The van der Waals surface area contributed by atoms with E-state index in [2.05, 4.69) is 10.6 Å². The number of nitrogens with two attached hydrogens (primary N) is 1. The Labute approximate surface area is 173 Å². The van der Waals surface area contributed by atoms with Crippen LogP contribution in [0.4, 0.5) is 5.69 Å². The van der Waals surface area contributed by atoms with Gasteiger partial charge >= 0.3 is 0 Å². The third kappa shape index (κ3) is 5.45. The molecule has 29 heavy (non-hydrogen) atoms. The molecule has 5 nitrogen and oxygen atoms in total. The Hall–Kier alpha value is -2.66. The average Bonchev–Trinajstić information content (AvgIpc) is 2.75. The van der Waals surface area contributed by atoms with E-state index in [9.17, 15) is 9.59 Å². The normalized spacial score (nSPS) is 16.7. The Kier molecular flexibility index (Phi) is 7.04. The van der Waals surface area contributed by atoms with E-state index in [1.54, 1.807) is 12.1 Å². The summed E-state index contributed by atoms with van der Waals surface area (Å²) in [6.45, 7) is 3.73. The molecule has 1 aliphatic rings. The van der Waals surface area contributed by atoms with Gasteiger partial charge in [-0.2, -0.15) is 0 Å². The fourth-order valence-electron chi connectivity index (χ4n) is 3.83. The topological polar surface area (TPSA) is 84.2 Å². The number of rotatable bonds is 6. The number of nitrogens with one attached hydrogen (secondary N) is 2. The van der Waals surface area contributed by atoms with Crippen molar-refractivity contribution in [1.82, 2.24) is 5.32 Å². The van der Waals surface area contributed by atoms with Gasteiger partial charge in [-0.25, -0.2) is 0 Å². The van der Waals surface area contributed by atoms with Gasteiger partial charge in [-0.05, 0) is 49.1 Å². The van der Waals surface area contributed by atoms with Gasteiger partial charge < -0.3 is 16.4 Å². The molecule has 1 fully saturated rings. The number of hydrogen-bond donors (Lipinski definition) is 3. The van der Waals surface area contributed by atoms with Crippen LogP contribution in [0.5, 0.6) is 0 Å². The predicted molar refractivity (Wildman–Crippen MR) is 117 cm³/mol. The molecular weight excluding hydrogens is 362 g/mol. The summed E-state index contributed by atoms with van der Waals surface area (Å²) < 4.78 is 0. The van der Waals surface area contributed by atoms with Crippen LogP contribution in [0.3, 0.4) is 0 Å². The van der Waals surface area contributed by atoms with E-state index < -0.39 is 0 Å². The highest BCUT2D eigenvalue weighted by Crippen LogP contribution is 2.23. The lowest BCUT2D eigenvalue weighted by Gasteiger charge is -2.23. The summed E-state index contributed by atoms with van der Waals surface area (Å²) in [5, 5.41) is 6.09. The molecule has 0 spiro atoms. The van der Waals surface area contributed by atoms with Crippen LogP contribution >= 0.6 is 0 Å². The Morgan fingerprint density at radius 1 is 1.03 bits per heavy atom.